The number of guanidine groups is 1. The Morgan fingerprint density at radius 2 is 1.83 bits per heavy atom. The van der Waals surface area contributed by atoms with E-state index in [9.17, 15) is 0 Å². The van der Waals surface area contributed by atoms with Gasteiger partial charge in [0.15, 0.2) is 5.96 Å². The highest BCUT2D eigenvalue weighted by atomic mass is 16.5. The van der Waals surface area contributed by atoms with E-state index in [1.807, 2.05) is 74.8 Å². The number of nitrogens with two attached hydrogens (primary N) is 1. The third-order valence-corrected chi connectivity index (χ3v) is 4.47. The smallest absolute Gasteiger partial charge is 0.193 e. The van der Waals surface area contributed by atoms with Crippen molar-refractivity contribution in [3.8, 4) is 17.2 Å². The van der Waals surface area contributed by atoms with E-state index in [1.165, 1.54) is 0 Å². The molecule has 0 aliphatic heterocycles. The molecular weight excluding hydrogens is 378 g/mol. The number of nitrogens with zero attached hydrogens (tertiary/aromatic N) is 3. The number of aliphatic imine (C=N–C) groups is 1. The first-order valence-electron chi connectivity index (χ1n) is 10.1. The van der Waals surface area contributed by atoms with Gasteiger partial charge in [0.1, 0.15) is 11.5 Å². The van der Waals surface area contributed by atoms with Crippen molar-refractivity contribution in [1.82, 2.24) is 9.78 Å². The minimum Gasteiger partial charge on any atom is -0.494 e. The molecule has 0 saturated carbocycles. The maximum absolute atomic E-state index is 6.19. The number of benzene rings is 2. The predicted molar refractivity (Wildman–Crippen MR) is 121 cm³/mol. The van der Waals surface area contributed by atoms with Crippen LogP contribution in [0.3, 0.4) is 0 Å². The molecule has 0 saturated heterocycles. The van der Waals surface area contributed by atoms with Crippen molar-refractivity contribution in [2.75, 3.05) is 18.5 Å². The summed E-state index contributed by atoms with van der Waals surface area (Å²) in [4.78, 5) is 4.54. The Morgan fingerprint density at radius 1 is 1.07 bits per heavy atom. The predicted octanol–water partition coefficient (Wildman–Crippen LogP) is 4.21. The molecule has 3 rings (SSSR count). The van der Waals surface area contributed by atoms with Crippen molar-refractivity contribution in [3.05, 3.63) is 65.5 Å². The number of ether oxygens (including phenoxy) is 2. The van der Waals surface area contributed by atoms with Gasteiger partial charge in [-0.1, -0.05) is 18.2 Å². The van der Waals surface area contributed by atoms with E-state index in [-0.39, 0.29) is 0 Å². The zero-order chi connectivity index (χ0) is 21.5. The van der Waals surface area contributed by atoms with Gasteiger partial charge in [0.05, 0.1) is 36.8 Å². The van der Waals surface area contributed by atoms with Crippen LogP contribution in [-0.4, -0.2) is 29.0 Å². The van der Waals surface area contributed by atoms with Crippen LogP contribution in [0.25, 0.3) is 5.69 Å². The number of aryl methyl sites for hydroxylation is 2. The van der Waals surface area contributed by atoms with Gasteiger partial charge in [-0.25, -0.2) is 9.67 Å². The van der Waals surface area contributed by atoms with E-state index >= 15 is 0 Å². The summed E-state index contributed by atoms with van der Waals surface area (Å²) in [5, 5.41) is 7.73. The van der Waals surface area contributed by atoms with Gasteiger partial charge < -0.3 is 20.5 Å². The molecule has 0 radical (unpaired) electrons. The molecule has 3 N–H and O–H groups in total. The van der Waals surface area contributed by atoms with Crippen LogP contribution >= 0.6 is 0 Å². The second-order valence-corrected chi connectivity index (χ2v) is 6.82. The number of aromatic nitrogens is 2. The fourth-order valence-electron chi connectivity index (χ4n) is 3.22. The molecule has 0 unspecified atom stereocenters. The van der Waals surface area contributed by atoms with E-state index in [2.05, 4.69) is 21.5 Å². The first-order valence-corrected chi connectivity index (χ1v) is 10.1. The molecule has 0 fully saturated rings. The quantitative estimate of drug-likeness (QED) is 0.431. The molecule has 3 aromatic rings. The normalized spacial score (nSPS) is 11.4. The number of para-hydroxylation sites is 1. The van der Waals surface area contributed by atoms with Crippen LogP contribution in [0.5, 0.6) is 11.5 Å². The summed E-state index contributed by atoms with van der Waals surface area (Å²) >= 11 is 0. The Morgan fingerprint density at radius 3 is 2.53 bits per heavy atom. The van der Waals surface area contributed by atoms with Crippen molar-refractivity contribution in [3.63, 3.8) is 0 Å². The minimum absolute atomic E-state index is 0.299. The van der Waals surface area contributed by atoms with E-state index in [0.717, 1.165) is 34.1 Å². The second-order valence-electron chi connectivity index (χ2n) is 6.82. The average Bonchev–Trinajstić information content (AvgIpc) is 3.07. The molecule has 7 heteroatoms. The molecular formula is C23H29N5O2. The second kappa shape index (κ2) is 9.82. The lowest BCUT2D eigenvalue weighted by molar-refractivity contribution is 0.332. The summed E-state index contributed by atoms with van der Waals surface area (Å²) in [6.07, 6.45) is 0. The summed E-state index contributed by atoms with van der Waals surface area (Å²) < 4.78 is 13.2. The van der Waals surface area contributed by atoms with E-state index in [4.69, 9.17) is 15.2 Å². The third-order valence-electron chi connectivity index (χ3n) is 4.47. The molecule has 0 amide bonds. The molecule has 0 bridgehead atoms. The number of hydrogen-bond donors (Lipinski definition) is 2. The maximum atomic E-state index is 6.19. The highest BCUT2D eigenvalue weighted by Gasteiger charge is 2.10. The molecule has 0 aliphatic carbocycles. The molecule has 0 spiro atoms. The van der Waals surface area contributed by atoms with Crippen molar-refractivity contribution < 1.29 is 9.47 Å². The highest BCUT2D eigenvalue weighted by molar-refractivity contribution is 5.94. The monoisotopic (exact) mass is 407 g/mol. The van der Waals surface area contributed by atoms with Crippen molar-refractivity contribution >= 4 is 11.6 Å². The third kappa shape index (κ3) is 5.11. The van der Waals surface area contributed by atoms with Crippen molar-refractivity contribution in [1.29, 1.82) is 0 Å². The lowest BCUT2D eigenvalue weighted by Crippen LogP contribution is -2.23. The number of hydrogen-bond acceptors (Lipinski definition) is 4. The van der Waals surface area contributed by atoms with E-state index < -0.39 is 0 Å². The van der Waals surface area contributed by atoms with Gasteiger partial charge >= 0.3 is 0 Å². The van der Waals surface area contributed by atoms with Crippen LogP contribution < -0.4 is 20.5 Å². The first kappa shape index (κ1) is 21.2. The Bertz CT molecular complexity index is 1030. The lowest BCUT2D eigenvalue weighted by Gasteiger charge is -2.14. The molecule has 1 aromatic heterocycles. The fourth-order valence-corrected chi connectivity index (χ4v) is 3.22. The SMILES string of the molecule is CCOc1ccc(OCC)c(NC(N)=NCc2ccccc2-n2nc(C)cc2C)c1. The lowest BCUT2D eigenvalue weighted by atomic mass is 10.2. The number of rotatable bonds is 8. The zero-order valence-electron chi connectivity index (χ0n) is 18.0. The van der Waals surface area contributed by atoms with Gasteiger partial charge in [0.2, 0.25) is 0 Å². The average molecular weight is 408 g/mol. The van der Waals surface area contributed by atoms with Crippen molar-refractivity contribution in [2.45, 2.75) is 34.2 Å². The van der Waals surface area contributed by atoms with Crippen LogP contribution in [0.4, 0.5) is 5.69 Å². The molecule has 0 aliphatic rings. The first-order chi connectivity index (χ1) is 14.5. The van der Waals surface area contributed by atoms with E-state index in [1.54, 1.807) is 0 Å². The van der Waals surface area contributed by atoms with E-state index in [0.29, 0.717) is 31.5 Å². The minimum atomic E-state index is 0.299. The Balaban J connectivity index is 1.81. The standard InChI is InChI=1S/C23H29N5O2/c1-5-29-19-11-12-22(30-6-2)20(14-19)26-23(24)25-15-18-9-7-8-10-21(18)28-17(4)13-16(3)27-28/h7-14H,5-6,15H2,1-4H3,(H3,24,25,26). The fraction of sp³-hybridized carbons (Fsp3) is 0.304. The Labute approximate surface area is 177 Å². The molecule has 2 aromatic carbocycles. The van der Waals surface area contributed by atoms with Gasteiger partial charge in [-0.15, -0.1) is 0 Å². The largest absolute Gasteiger partial charge is 0.494 e. The molecule has 7 nitrogen and oxygen atoms in total. The topological polar surface area (TPSA) is 86.7 Å². The maximum Gasteiger partial charge on any atom is 0.193 e. The molecule has 158 valence electrons. The number of nitrogens with one attached hydrogen (secondary N) is 1. The zero-order valence-corrected chi connectivity index (χ0v) is 18.0. The van der Waals surface area contributed by atoms with Crippen molar-refractivity contribution in [2.24, 2.45) is 10.7 Å². The summed E-state index contributed by atoms with van der Waals surface area (Å²) in [5.74, 6) is 1.74. The summed E-state index contributed by atoms with van der Waals surface area (Å²) in [5.41, 5.74) is 11.0. The van der Waals surface area contributed by atoms with Crippen LogP contribution in [-0.2, 0) is 6.54 Å². The van der Waals surface area contributed by atoms with Gasteiger partial charge in [0.25, 0.3) is 0 Å². The van der Waals surface area contributed by atoms with Gasteiger partial charge in [-0.2, -0.15) is 5.10 Å². The summed E-state index contributed by atoms with van der Waals surface area (Å²) in [6.45, 7) is 9.46. The summed E-state index contributed by atoms with van der Waals surface area (Å²) in [6, 6.07) is 15.7. The molecule has 0 atom stereocenters. The number of anilines is 1. The van der Waals surface area contributed by atoms with Gasteiger partial charge in [-0.3, -0.25) is 0 Å². The van der Waals surface area contributed by atoms with Crippen LogP contribution in [0.15, 0.2) is 53.5 Å². The van der Waals surface area contributed by atoms with Crippen LogP contribution in [0.1, 0.15) is 30.8 Å². The van der Waals surface area contributed by atoms with Gasteiger partial charge in [0, 0.05) is 11.8 Å². The highest BCUT2D eigenvalue weighted by Crippen LogP contribution is 2.29. The molecule has 30 heavy (non-hydrogen) atoms. The van der Waals surface area contributed by atoms with Crippen LogP contribution in [0.2, 0.25) is 0 Å². The Kier molecular flexibility index (Phi) is 6.95. The Hall–Kier alpha value is -3.48. The summed E-state index contributed by atoms with van der Waals surface area (Å²) in [7, 11) is 0. The van der Waals surface area contributed by atoms with Crippen LogP contribution in [0, 0.1) is 13.8 Å². The molecule has 1 heterocycles. The van der Waals surface area contributed by atoms with Gasteiger partial charge in [-0.05, 0) is 57.5 Å².